The minimum Gasteiger partial charge on any atom is -0.407 e. The third-order valence-electron chi connectivity index (χ3n) is 5.20. The third-order valence-corrected chi connectivity index (χ3v) is 5.42. The smallest absolute Gasteiger partial charge is 0.407 e. The van der Waals surface area contributed by atoms with Gasteiger partial charge in [0.1, 0.15) is 5.82 Å². The summed E-state index contributed by atoms with van der Waals surface area (Å²) in [6, 6.07) is 8.83. The number of anilines is 1. The van der Waals surface area contributed by atoms with Gasteiger partial charge in [-0.3, -0.25) is 9.59 Å². The second-order valence-electron chi connectivity index (χ2n) is 7.36. The lowest BCUT2D eigenvalue weighted by Crippen LogP contribution is -2.46. The Kier molecular flexibility index (Phi) is 5.55. The van der Waals surface area contributed by atoms with E-state index < -0.39 is 23.6 Å². The fourth-order valence-electron chi connectivity index (χ4n) is 3.67. The highest BCUT2D eigenvalue weighted by molar-refractivity contribution is 6.30. The van der Waals surface area contributed by atoms with Crippen LogP contribution in [0.5, 0.6) is 0 Å². The number of carbonyl (C=O) groups is 3. The Labute approximate surface area is 181 Å². The number of alkyl carbamates (subject to hydrolysis) is 1. The molecule has 0 radical (unpaired) electrons. The lowest BCUT2D eigenvalue weighted by Gasteiger charge is -2.24. The van der Waals surface area contributed by atoms with Crippen molar-refractivity contribution >= 4 is 35.2 Å². The number of hydrogen-bond acceptors (Lipinski definition) is 5. The fraction of sp³-hybridized carbons (Fsp3) is 0.286. The summed E-state index contributed by atoms with van der Waals surface area (Å²) in [5.41, 5.74) is 2.16. The lowest BCUT2D eigenvalue weighted by molar-refractivity contribution is -0.175. The second-order valence-corrected chi connectivity index (χ2v) is 7.80. The second kappa shape index (κ2) is 8.16. The summed E-state index contributed by atoms with van der Waals surface area (Å²) in [6.07, 6.45) is -0.490. The standard InChI is InChI=1S/C21H19ClFN3O5/c22-14-7-12(8-15(23)9-14)11-25-20(29)31-21(30)4-6-26(19(21)28)16-2-1-13-3-5-24-18(27)17(13)10-16/h1-2,7-10,30H,3-6,11H2,(H,24,27)(H,25,29). The van der Waals surface area contributed by atoms with Gasteiger partial charge in [-0.05, 0) is 47.9 Å². The SMILES string of the molecule is O=C(NCc1cc(F)cc(Cl)c1)OC1(O)CCN(c2ccc3c(c2)C(=O)NCC3)C1=O. The number of ether oxygens (including phenoxy) is 1. The molecule has 3 amide bonds. The topological polar surface area (TPSA) is 108 Å². The van der Waals surface area contributed by atoms with E-state index in [1.165, 1.54) is 17.0 Å². The first-order chi connectivity index (χ1) is 14.7. The van der Waals surface area contributed by atoms with Gasteiger partial charge < -0.3 is 25.4 Å². The van der Waals surface area contributed by atoms with Gasteiger partial charge >= 0.3 is 6.09 Å². The van der Waals surface area contributed by atoms with Crippen LogP contribution < -0.4 is 15.5 Å². The summed E-state index contributed by atoms with van der Waals surface area (Å²) < 4.78 is 18.4. The Balaban J connectivity index is 1.42. The Morgan fingerprint density at radius 2 is 2.10 bits per heavy atom. The summed E-state index contributed by atoms with van der Waals surface area (Å²) in [7, 11) is 0. The van der Waals surface area contributed by atoms with Crippen molar-refractivity contribution in [2.75, 3.05) is 18.0 Å². The van der Waals surface area contributed by atoms with E-state index in [2.05, 4.69) is 10.6 Å². The number of fused-ring (bicyclic) bond motifs is 1. The molecule has 2 aromatic carbocycles. The number of aliphatic hydroxyl groups is 1. The molecule has 0 aliphatic carbocycles. The van der Waals surface area contributed by atoms with Crippen molar-refractivity contribution in [1.82, 2.24) is 10.6 Å². The van der Waals surface area contributed by atoms with Crippen molar-refractivity contribution in [3.63, 3.8) is 0 Å². The Morgan fingerprint density at radius 1 is 1.29 bits per heavy atom. The van der Waals surface area contributed by atoms with Crippen LogP contribution in [-0.2, 0) is 22.5 Å². The van der Waals surface area contributed by atoms with Crippen LogP contribution >= 0.6 is 11.6 Å². The molecule has 162 valence electrons. The van der Waals surface area contributed by atoms with Crippen molar-refractivity contribution in [2.24, 2.45) is 0 Å². The summed E-state index contributed by atoms with van der Waals surface area (Å²) in [5, 5.41) is 15.9. The molecule has 0 saturated carbocycles. The third kappa shape index (κ3) is 4.33. The molecular formula is C21H19ClFN3O5. The molecule has 1 fully saturated rings. The molecule has 3 N–H and O–H groups in total. The van der Waals surface area contributed by atoms with Crippen LogP contribution in [0.25, 0.3) is 0 Å². The van der Waals surface area contributed by atoms with E-state index in [9.17, 15) is 23.9 Å². The molecular weight excluding hydrogens is 429 g/mol. The molecule has 4 rings (SSSR count). The van der Waals surface area contributed by atoms with Gasteiger partial charge in [0.2, 0.25) is 0 Å². The minimum atomic E-state index is -2.35. The molecule has 10 heteroatoms. The molecule has 1 unspecified atom stereocenters. The fourth-order valence-corrected chi connectivity index (χ4v) is 3.91. The average molecular weight is 448 g/mol. The van der Waals surface area contributed by atoms with Crippen molar-refractivity contribution in [1.29, 1.82) is 0 Å². The van der Waals surface area contributed by atoms with Crippen LogP contribution in [0.1, 0.15) is 27.9 Å². The van der Waals surface area contributed by atoms with Crippen LogP contribution in [0, 0.1) is 5.82 Å². The predicted molar refractivity (Wildman–Crippen MR) is 109 cm³/mol. The molecule has 0 aromatic heterocycles. The van der Waals surface area contributed by atoms with E-state index >= 15 is 0 Å². The first-order valence-corrected chi connectivity index (χ1v) is 10.0. The van der Waals surface area contributed by atoms with E-state index in [4.69, 9.17) is 16.3 Å². The molecule has 2 aliphatic rings. The minimum absolute atomic E-state index is 0.0997. The van der Waals surface area contributed by atoms with Gasteiger partial charge in [-0.2, -0.15) is 0 Å². The molecule has 1 saturated heterocycles. The number of halogens is 2. The highest BCUT2D eigenvalue weighted by Crippen LogP contribution is 2.31. The zero-order chi connectivity index (χ0) is 22.2. The van der Waals surface area contributed by atoms with Gasteiger partial charge in [0, 0.05) is 42.3 Å². The largest absolute Gasteiger partial charge is 0.410 e. The maximum atomic E-state index is 13.4. The van der Waals surface area contributed by atoms with Gasteiger partial charge in [0.05, 0.1) is 0 Å². The van der Waals surface area contributed by atoms with E-state index in [0.717, 1.165) is 11.6 Å². The molecule has 0 spiro atoms. The van der Waals surface area contributed by atoms with Crippen LogP contribution in [0.2, 0.25) is 5.02 Å². The van der Waals surface area contributed by atoms with E-state index in [-0.39, 0.29) is 30.4 Å². The summed E-state index contributed by atoms with van der Waals surface area (Å²) >= 11 is 5.77. The van der Waals surface area contributed by atoms with Gasteiger partial charge in [-0.25, -0.2) is 9.18 Å². The molecule has 2 heterocycles. The van der Waals surface area contributed by atoms with Gasteiger partial charge in [0.25, 0.3) is 17.6 Å². The zero-order valence-electron chi connectivity index (χ0n) is 16.3. The molecule has 0 bridgehead atoms. The first-order valence-electron chi connectivity index (χ1n) is 9.62. The number of nitrogens with zero attached hydrogens (tertiary/aromatic N) is 1. The molecule has 2 aliphatic heterocycles. The summed E-state index contributed by atoms with van der Waals surface area (Å²) in [4.78, 5) is 38.2. The van der Waals surface area contributed by atoms with Gasteiger partial charge in [-0.1, -0.05) is 17.7 Å². The number of rotatable bonds is 4. The molecule has 2 aromatic rings. The first kappa shape index (κ1) is 21.1. The Hall–Kier alpha value is -3.17. The van der Waals surface area contributed by atoms with Gasteiger partial charge in [0.15, 0.2) is 0 Å². The Bertz CT molecular complexity index is 1060. The molecule has 8 nitrogen and oxygen atoms in total. The quantitative estimate of drug-likeness (QED) is 0.622. The van der Waals surface area contributed by atoms with Crippen LogP contribution in [0.15, 0.2) is 36.4 Å². The summed E-state index contributed by atoms with van der Waals surface area (Å²) in [6.45, 7) is 0.547. The monoisotopic (exact) mass is 447 g/mol. The summed E-state index contributed by atoms with van der Waals surface area (Å²) in [5.74, 6) is -3.94. The Morgan fingerprint density at radius 3 is 2.87 bits per heavy atom. The number of hydrogen-bond donors (Lipinski definition) is 3. The van der Waals surface area contributed by atoms with Crippen LogP contribution in [-0.4, -0.2) is 41.9 Å². The van der Waals surface area contributed by atoms with Crippen molar-refractivity contribution in [3.05, 3.63) is 63.9 Å². The normalized spacial score (nSPS) is 20.3. The van der Waals surface area contributed by atoms with Crippen molar-refractivity contribution in [2.45, 2.75) is 25.2 Å². The number of amides is 3. The average Bonchev–Trinajstić information content (AvgIpc) is 3.00. The highest BCUT2D eigenvalue weighted by Gasteiger charge is 2.49. The maximum absolute atomic E-state index is 13.4. The predicted octanol–water partition coefficient (Wildman–Crippen LogP) is 2.12. The number of benzene rings is 2. The maximum Gasteiger partial charge on any atom is 0.410 e. The number of nitrogens with one attached hydrogen (secondary N) is 2. The van der Waals surface area contributed by atoms with E-state index in [0.29, 0.717) is 29.8 Å². The number of carbonyl (C=O) groups excluding carboxylic acids is 3. The van der Waals surface area contributed by atoms with Crippen LogP contribution in [0.3, 0.4) is 0 Å². The van der Waals surface area contributed by atoms with Crippen LogP contribution in [0.4, 0.5) is 14.9 Å². The van der Waals surface area contributed by atoms with Crippen molar-refractivity contribution < 1.29 is 28.6 Å². The zero-order valence-corrected chi connectivity index (χ0v) is 17.0. The molecule has 1 atom stereocenters. The van der Waals surface area contributed by atoms with Gasteiger partial charge in [-0.15, -0.1) is 0 Å². The molecule has 31 heavy (non-hydrogen) atoms. The highest BCUT2D eigenvalue weighted by atomic mass is 35.5. The van der Waals surface area contributed by atoms with Crippen molar-refractivity contribution in [3.8, 4) is 0 Å². The van der Waals surface area contributed by atoms with E-state index in [1.807, 2.05) is 0 Å². The van der Waals surface area contributed by atoms with E-state index in [1.54, 1.807) is 18.2 Å². The lowest BCUT2D eigenvalue weighted by atomic mass is 9.99.